The Morgan fingerprint density at radius 1 is 1.24 bits per heavy atom. The Kier molecular flexibility index (Phi) is 3.13. The van der Waals surface area contributed by atoms with Gasteiger partial charge in [-0.1, -0.05) is 30.3 Å². The Labute approximate surface area is 99.9 Å². The van der Waals surface area contributed by atoms with E-state index in [0.29, 0.717) is 13.1 Å². The highest BCUT2D eigenvalue weighted by atomic mass is 16.4. The molecule has 1 aliphatic rings. The van der Waals surface area contributed by atoms with Gasteiger partial charge in [-0.25, -0.2) is 0 Å². The summed E-state index contributed by atoms with van der Waals surface area (Å²) in [6.07, 6.45) is 0. The van der Waals surface area contributed by atoms with E-state index in [1.165, 1.54) is 6.92 Å². The van der Waals surface area contributed by atoms with E-state index in [1.54, 1.807) is 4.90 Å². The van der Waals surface area contributed by atoms with Gasteiger partial charge in [0.25, 0.3) is 0 Å². The van der Waals surface area contributed by atoms with Gasteiger partial charge in [0, 0.05) is 25.9 Å². The molecule has 1 heterocycles. The third-order valence-corrected chi connectivity index (χ3v) is 3.31. The van der Waals surface area contributed by atoms with E-state index < -0.39 is 11.9 Å². The largest absolute Gasteiger partial charge is 0.481 e. The van der Waals surface area contributed by atoms with Gasteiger partial charge in [0.2, 0.25) is 5.91 Å². The van der Waals surface area contributed by atoms with Crippen LogP contribution in [0.15, 0.2) is 30.3 Å². The third-order valence-electron chi connectivity index (χ3n) is 3.31. The van der Waals surface area contributed by atoms with E-state index in [2.05, 4.69) is 0 Å². The second-order valence-electron chi connectivity index (χ2n) is 4.39. The quantitative estimate of drug-likeness (QED) is 0.838. The molecular weight excluding hydrogens is 218 g/mol. The van der Waals surface area contributed by atoms with Crippen LogP contribution in [-0.4, -0.2) is 35.0 Å². The topological polar surface area (TPSA) is 57.6 Å². The van der Waals surface area contributed by atoms with Crippen LogP contribution in [-0.2, 0) is 9.59 Å². The van der Waals surface area contributed by atoms with Crippen LogP contribution < -0.4 is 0 Å². The first kappa shape index (κ1) is 11.6. The summed E-state index contributed by atoms with van der Waals surface area (Å²) in [5.74, 6) is -1.49. The molecule has 0 radical (unpaired) electrons. The lowest BCUT2D eigenvalue weighted by atomic mass is 9.89. The first-order chi connectivity index (χ1) is 8.09. The summed E-state index contributed by atoms with van der Waals surface area (Å²) < 4.78 is 0. The van der Waals surface area contributed by atoms with Crippen LogP contribution in [0.25, 0.3) is 0 Å². The minimum atomic E-state index is -0.831. The summed E-state index contributed by atoms with van der Waals surface area (Å²) >= 11 is 0. The zero-order chi connectivity index (χ0) is 12.4. The number of nitrogens with zero attached hydrogens (tertiary/aromatic N) is 1. The van der Waals surface area contributed by atoms with Crippen LogP contribution in [0.1, 0.15) is 18.4 Å². The molecule has 2 atom stereocenters. The molecule has 1 fully saturated rings. The van der Waals surface area contributed by atoms with E-state index in [0.717, 1.165) is 5.56 Å². The van der Waals surface area contributed by atoms with Crippen LogP contribution in [0.4, 0.5) is 0 Å². The lowest BCUT2D eigenvalue weighted by Crippen LogP contribution is -2.27. The highest BCUT2D eigenvalue weighted by molar-refractivity contribution is 5.78. The first-order valence-corrected chi connectivity index (χ1v) is 5.63. The molecule has 1 aromatic rings. The molecule has 1 N–H and O–H groups in total. The van der Waals surface area contributed by atoms with Crippen molar-refractivity contribution in [1.29, 1.82) is 0 Å². The summed E-state index contributed by atoms with van der Waals surface area (Å²) in [6, 6.07) is 9.53. The number of benzene rings is 1. The molecule has 2 rings (SSSR count). The van der Waals surface area contributed by atoms with E-state index in [4.69, 9.17) is 0 Å². The molecule has 17 heavy (non-hydrogen) atoms. The van der Waals surface area contributed by atoms with Crippen LogP contribution in [0.5, 0.6) is 0 Å². The summed E-state index contributed by atoms with van der Waals surface area (Å²) in [6.45, 7) is 2.28. The van der Waals surface area contributed by atoms with Gasteiger partial charge >= 0.3 is 5.97 Å². The van der Waals surface area contributed by atoms with Gasteiger partial charge in [-0.05, 0) is 5.56 Å². The Morgan fingerprint density at radius 2 is 1.88 bits per heavy atom. The SMILES string of the molecule is CC(=O)N1C[C@H](C(=O)O)[C@@H](c2ccccc2)C1. The second-order valence-corrected chi connectivity index (χ2v) is 4.39. The Morgan fingerprint density at radius 3 is 2.41 bits per heavy atom. The van der Waals surface area contributed by atoms with Crippen molar-refractivity contribution in [3.8, 4) is 0 Å². The average molecular weight is 233 g/mol. The van der Waals surface area contributed by atoms with Crippen molar-refractivity contribution in [2.24, 2.45) is 5.92 Å². The van der Waals surface area contributed by atoms with Crippen molar-refractivity contribution in [3.05, 3.63) is 35.9 Å². The van der Waals surface area contributed by atoms with Gasteiger partial charge in [-0.3, -0.25) is 9.59 Å². The predicted molar refractivity (Wildman–Crippen MR) is 62.6 cm³/mol. The van der Waals surface area contributed by atoms with Gasteiger partial charge < -0.3 is 10.0 Å². The molecule has 0 aliphatic carbocycles. The normalized spacial score (nSPS) is 23.7. The highest BCUT2D eigenvalue weighted by Gasteiger charge is 2.39. The fourth-order valence-electron chi connectivity index (χ4n) is 2.35. The van der Waals surface area contributed by atoms with Crippen LogP contribution in [0.2, 0.25) is 0 Å². The number of likely N-dealkylation sites (tertiary alicyclic amines) is 1. The molecule has 0 unspecified atom stereocenters. The number of amides is 1. The molecule has 1 aliphatic heterocycles. The van der Waals surface area contributed by atoms with Gasteiger partial charge in [0.05, 0.1) is 5.92 Å². The highest BCUT2D eigenvalue weighted by Crippen LogP contribution is 2.32. The first-order valence-electron chi connectivity index (χ1n) is 5.63. The summed E-state index contributed by atoms with van der Waals surface area (Å²) in [4.78, 5) is 24.1. The number of carboxylic acid groups (broad SMARTS) is 1. The van der Waals surface area contributed by atoms with Crippen LogP contribution in [0.3, 0.4) is 0 Å². The maximum Gasteiger partial charge on any atom is 0.308 e. The number of carboxylic acids is 1. The second kappa shape index (κ2) is 4.57. The fourth-order valence-corrected chi connectivity index (χ4v) is 2.35. The number of carbonyl (C=O) groups excluding carboxylic acids is 1. The van der Waals surface area contributed by atoms with Crippen LogP contribution >= 0.6 is 0 Å². The van der Waals surface area contributed by atoms with Gasteiger partial charge in [0.15, 0.2) is 0 Å². The molecule has 1 amide bonds. The zero-order valence-corrected chi connectivity index (χ0v) is 9.67. The van der Waals surface area contributed by atoms with E-state index >= 15 is 0 Å². The molecule has 1 saturated heterocycles. The zero-order valence-electron chi connectivity index (χ0n) is 9.67. The monoisotopic (exact) mass is 233 g/mol. The summed E-state index contributed by atoms with van der Waals surface area (Å²) in [5.41, 5.74) is 0.989. The lowest BCUT2D eigenvalue weighted by molar-refractivity contribution is -0.141. The van der Waals surface area contributed by atoms with Crippen molar-refractivity contribution in [2.45, 2.75) is 12.8 Å². The molecule has 1 aromatic carbocycles. The number of aliphatic carboxylic acids is 1. The minimum absolute atomic E-state index is 0.0605. The van der Waals surface area contributed by atoms with Crippen molar-refractivity contribution < 1.29 is 14.7 Å². The molecular formula is C13H15NO3. The predicted octanol–water partition coefficient (Wildman–Crippen LogP) is 1.33. The van der Waals surface area contributed by atoms with Gasteiger partial charge in [-0.15, -0.1) is 0 Å². The van der Waals surface area contributed by atoms with E-state index in [-0.39, 0.29) is 11.8 Å². The number of rotatable bonds is 2. The average Bonchev–Trinajstić information content (AvgIpc) is 2.75. The molecule has 0 bridgehead atoms. The molecule has 0 aromatic heterocycles. The molecule has 0 spiro atoms. The van der Waals surface area contributed by atoms with Crippen molar-refractivity contribution in [3.63, 3.8) is 0 Å². The Hall–Kier alpha value is -1.84. The Balaban J connectivity index is 2.26. The maximum atomic E-state index is 11.3. The van der Waals surface area contributed by atoms with Crippen molar-refractivity contribution >= 4 is 11.9 Å². The molecule has 0 saturated carbocycles. The smallest absolute Gasteiger partial charge is 0.308 e. The molecule has 4 nitrogen and oxygen atoms in total. The standard InChI is InChI=1S/C13H15NO3/c1-9(15)14-7-11(12(8-14)13(16)17)10-5-3-2-4-6-10/h2-6,11-12H,7-8H2,1H3,(H,16,17)/t11-,12+/m1/s1. The number of hydrogen-bond donors (Lipinski definition) is 1. The summed E-state index contributed by atoms with van der Waals surface area (Å²) in [7, 11) is 0. The van der Waals surface area contributed by atoms with E-state index in [9.17, 15) is 14.7 Å². The fraction of sp³-hybridized carbons (Fsp3) is 0.385. The number of hydrogen-bond acceptors (Lipinski definition) is 2. The lowest BCUT2D eigenvalue weighted by Gasteiger charge is -2.14. The molecule has 90 valence electrons. The van der Waals surface area contributed by atoms with Crippen molar-refractivity contribution in [1.82, 2.24) is 4.90 Å². The van der Waals surface area contributed by atoms with Gasteiger partial charge in [-0.2, -0.15) is 0 Å². The minimum Gasteiger partial charge on any atom is -0.481 e. The van der Waals surface area contributed by atoms with Gasteiger partial charge in [0.1, 0.15) is 0 Å². The Bertz CT molecular complexity index is 430. The summed E-state index contributed by atoms with van der Waals surface area (Å²) in [5, 5.41) is 9.21. The van der Waals surface area contributed by atoms with Crippen molar-refractivity contribution in [2.75, 3.05) is 13.1 Å². The maximum absolute atomic E-state index is 11.3. The molecule has 4 heteroatoms. The number of carbonyl (C=O) groups is 2. The van der Waals surface area contributed by atoms with E-state index in [1.807, 2.05) is 30.3 Å². The van der Waals surface area contributed by atoms with Crippen LogP contribution in [0, 0.1) is 5.92 Å². The third kappa shape index (κ3) is 2.30.